The normalized spacial score (nSPS) is 27.3. The minimum atomic E-state index is -0.940. The average Bonchev–Trinajstić information content (AvgIpc) is 3.18. The first-order valence-electron chi connectivity index (χ1n) is 10.3. The molecule has 2 fully saturated rings. The Kier molecular flexibility index (Phi) is 4.60. The lowest BCUT2D eigenvalue weighted by Crippen LogP contribution is -2.60. The molecule has 160 valence electrons. The van der Waals surface area contributed by atoms with E-state index in [0.29, 0.717) is 18.5 Å². The zero-order chi connectivity index (χ0) is 21.6. The van der Waals surface area contributed by atoms with Crippen molar-refractivity contribution in [1.82, 2.24) is 30.4 Å². The van der Waals surface area contributed by atoms with Gasteiger partial charge in [0.2, 0.25) is 0 Å². The van der Waals surface area contributed by atoms with E-state index in [1.807, 2.05) is 13.2 Å². The van der Waals surface area contributed by atoms with Gasteiger partial charge in [0.05, 0.1) is 17.9 Å². The molecule has 3 unspecified atom stereocenters. The topological polar surface area (TPSA) is 111 Å². The SMILES string of the molecule is Cn1cc(-c2ccc(F)c(C3(NC(=O)c4cnccn4)CCC4(CC4N)NC3)c2)cn1. The molecular weight excluding hydrogens is 397 g/mol. The van der Waals surface area contributed by atoms with Gasteiger partial charge < -0.3 is 16.4 Å². The lowest BCUT2D eigenvalue weighted by Gasteiger charge is -2.42. The molecule has 1 aliphatic carbocycles. The summed E-state index contributed by atoms with van der Waals surface area (Å²) in [5, 5.41) is 10.8. The van der Waals surface area contributed by atoms with Crippen molar-refractivity contribution in [3.63, 3.8) is 0 Å². The summed E-state index contributed by atoms with van der Waals surface area (Å²) in [5.41, 5.74) is 7.41. The Morgan fingerprint density at radius 1 is 1.29 bits per heavy atom. The van der Waals surface area contributed by atoms with E-state index in [0.717, 1.165) is 24.0 Å². The predicted molar refractivity (Wildman–Crippen MR) is 112 cm³/mol. The van der Waals surface area contributed by atoms with Gasteiger partial charge in [0.15, 0.2) is 0 Å². The van der Waals surface area contributed by atoms with Gasteiger partial charge in [0, 0.05) is 54.9 Å². The predicted octanol–water partition coefficient (Wildman–Crippen LogP) is 1.49. The number of aromatic nitrogens is 4. The second kappa shape index (κ2) is 7.21. The number of hydrogen-bond acceptors (Lipinski definition) is 6. The van der Waals surface area contributed by atoms with Crippen LogP contribution < -0.4 is 16.4 Å². The molecule has 8 nitrogen and oxygen atoms in total. The number of halogens is 1. The third-order valence-corrected chi connectivity index (χ3v) is 6.54. The molecule has 2 aromatic heterocycles. The first kappa shape index (κ1) is 19.8. The van der Waals surface area contributed by atoms with E-state index >= 15 is 4.39 Å². The molecule has 1 spiro atoms. The van der Waals surface area contributed by atoms with Gasteiger partial charge in [-0.05, 0) is 37.0 Å². The van der Waals surface area contributed by atoms with Crippen molar-refractivity contribution in [2.75, 3.05) is 6.54 Å². The van der Waals surface area contributed by atoms with Gasteiger partial charge in [-0.1, -0.05) is 6.07 Å². The number of nitrogens with one attached hydrogen (secondary N) is 2. The molecule has 5 rings (SSSR count). The van der Waals surface area contributed by atoms with E-state index in [-0.39, 0.29) is 23.1 Å². The number of nitrogens with zero attached hydrogens (tertiary/aromatic N) is 4. The minimum absolute atomic E-state index is 0.0905. The van der Waals surface area contributed by atoms with Crippen LogP contribution in [0.15, 0.2) is 49.2 Å². The van der Waals surface area contributed by atoms with Crippen molar-refractivity contribution < 1.29 is 9.18 Å². The number of aryl methyl sites for hydroxylation is 1. The van der Waals surface area contributed by atoms with Crippen LogP contribution in [0.5, 0.6) is 0 Å². The van der Waals surface area contributed by atoms with Crippen LogP contribution >= 0.6 is 0 Å². The van der Waals surface area contributed by atoms with Crippen LogP contribution in [0, 0.1) is 5.82 Å². The van der Waals surface area contributed by atoms with Gasteiger partial charge in [0.25, 0.3) is 5.91 Å². The average molecular weight is 421 g/mol. The van der Waals surface area contributed by atoms with Gasteiger partial charge in [0.1, 0.15) is 11.5 Å². The highest BCUT2D eigenvalue weighted by atomic mass is 19.1. The largest absolute Gasteiger partial charge is 0.340 e. The summed E-state index contributed by atoms with van der Waals surface area (Å²) in [4.78, 5) is 21.1. The fourth-order valence-corrected chi connectivity index (χ4v) is 4.51. The Morgan fingerprint density at radius 3 is 2.74 bits per heavy atom. The van der Waals surface area contributed by atoms with Crippen LogP contribution in [0.1, 0.15) is 35.3 Å². The van der Waals surface area contributed by atoms with Crippen LogP contribution in [0.25, 0.3) is 11.1 Å². The van der Waals surface area contributed by atoms with Crippen LogP contribution in [0.2, 0.25) is 0 Å². The Morgan fingerprint density at radius 2 is 2.13 bits per heavy atom. The second-order valence-corrected chi connectivity index (χ2v) is 8.54. The third-order valence-electron chi connectivity index (χ3n) is 6.54. The summed E-state index contributed by atoms with van der Waals surface area (Å²) in [7, 11) is 1.83. The maximum absolute atomic E-state index is 15.2. The Balaban J connectivity index is 1.54. The standard InChI is InChI=1S/C22H24FN7O/c1-30-12-15(10-28-30)14-2-3-17(23)16(8-14)22(5-4-21(27-13-22)9-19(21)24)29-20(31)18-11-25-6-7-26-18/h2-3,6-8,10-12,19,27H,4-5,9,13,24H2,1H3,(H,29,31). The van der Waals surface area contributed by atoms with E-state index in [1.165, 1.54) is 24.7 Å². The highest BCUT2D eigenvalue weighted by Gasteiger charge is 2.56. The van der Waals surface area contributed by atoms with Crippen LogP contribution in [-0.2, 0) is 12.6 Å². The summed E-state index contributed by atoms with van der Waals surface area (Å²) in [6.07, 6.45) is 10.2. The van der Waals surface area contributed by atoms with Crippen LogP contribution in [0.4, 0.5) is 4.39 Å². The number of amides is 1. The van der Waals surface area contributed by atoms with E-state index < -0.39 is 11.4 Å². The number of benzene rings is 1. The van der Waals surface area contributed by atoms with Crippen LogP contribution in [0.3, 0.4) is 0 Å². The Hall–Kier alpha value is -3.17. The molecular formula is C22H24FN7O. The molecule has 1 amide bonds. The number of nitrogens with two attached hydrogens (primary N) is 1. The molecule has 31 heavy (non-hydrogen) atoms. The summed E-state index contributed by atoms with van der Waals surface area (Å²) in [6, 6.07) is 5.06. The zero-order valence-electron chi connectivity index (χ0n) is 17.2. The molecule has 1 saturated heterocycles. The first-order chi connectivity index (χ1) is 14.9. The first-order valence-corrected chi connectivity index (χ1v) is 10.3. The molecule has 3 heterocycles. The van der Waals surface area contributed by atoms with Crippen molar-refractivity contribution in [3.05, 3.63) is 66.3 Å². The fraction of sp³-hybridized carbons (Fsp3) is 0.364. The molecule has 1 saturated carbocycles. The van der Waals surface area contributed by atoms with Crippen molar-refractivity contribution in [3.8, 4) is 11.1 Å². The molecule has 3 atom stereocenters. The quantitative estimate of drug-likeness (QED) is 0.589. The summed E-state index contributed by atoms with van der Waals surface area (Å²) in [6.45, 7) is 0.375. The summed E-state index contributed by atoms with van der Waals surface area (Å²) < 4.78 is 16.9. The van der Waals surface area contributed by atoms with Gasteiger partial charge in [-0.25, -0.2) is 9.37 Å². The molecule has 0 radical (unpaired) electrons. The van der Waals surface area contributed by atoms with E-state index in [1.54, 1.807) is 23.0 Å². The fourth-order valence-electron chi connectivity index (χ4n) is 4.51. The molecule has 3 aromatic rings. The second-order valence-electron chi connectivity index (χ2n) is 8.54. The van der Waals surface area contributed by atoms with E-state index in [4.69, 9.17) is 5.73 Å². The smallest absolute Gasteiger partial charge is 0.272 e. The van der Waals surface area contributed by atoms with Crippen LogP contribution in [-0.4, -0.2) is 43.8 Å². The van der Waals surface area contributed by atoms with Crippen molar-refractivity contribution in [2.24, 2.45) is 12.8 Å². The minimum Gasteiger partial charge on any atom is -0.340 e. The number of rotatable bonds is 4. The van der Waals surface area contributed by atoms with Gasteiger partial charge >= 0.3 is 0 Å². The van der Waals surface area contributed by atoms with Gasteiger partial charge in [-0.15, -0.1) is 0 Å². The lowest BCUT2D eigenvalue weighted by atomic mass is 9.78. The molecule has 1 aromatic carbocycles. The van der Waals surface area contributed by atoms with Crippen molar-refractivity contribution in [1.29, 1.82) is 0 Å². The maximum atomic E-state index is 15.2. The number of piperidine rings is 1. The molecule has 1 aliphatic heterocycles. The van der Waals surface area contributed by atoms with E-state index in [9.17, 15) is 4.79 Å². The number of hydrogen-bond donors (Lipinski definition) is 3. The highest BCUT2D eigenvalue weighted by molar-refractivity contribution is 5.92. The maximum Gasteiger partial charge on any atom is 0.272 e. The Bertz CT molecular complexity index is 1120. The third kappa shape index (κ3) is 3.49. The Labute approximate surface area is 179 Å². The van der Waals surface area contributed by atoms with Gasteiger partial charge in [-0.2, -0.15) is 5.10 Å². The molecule has 0 bridgehead atoms. The molecule has 2 aliphatic rings. The monoisotopic (exact) mass is 421 g/mol. The summed E-state index contributed by atoms with van der Waals surface area (Å²) in [5.74, 6) is -0.762. The van der Waals surface area contributed by atoms with E-state index in [2.05, 4.69) is 25.7 Å². The number of carbonyl (C=O) groups is 1. The van der Waals surface area contributed by atoms with Crippen molar-refractivity contribution in [2.45, 2.75) is 36.4 Å². The van der Waals surface area contributed by atoms with Gasteiger partial charge in [-0.3, -0.25) is 14.5 Å². The number of carbonyl (C=O) groups excluding carboxylic acids is 1. The lowest BCUT2D eigenvalue weighted by molar-refractivity contribution is 0.0850. The van der Waals surface area contributed by atoms with Crippen molar-refractivity contribution >= 4 is 5.91 Å². The summed E-state index contributed by atoms with van der Waals surface area (Å²) >= 11 is 0. The highest BCUT2D eigenvalue weighted by Crippen LogP contribution is 2.46. The molecule has 9 heteroatoms. The zero-order valence-corrected chi connectivity index (χ0v) is 17.2. The molecule has 4 N–H and O–H groups in total.